The second-order valence-corrected chi connectivity index (χ2v) is 24.8. The molecule has 0 radical (unpaired) electrons. The van der Waals surface area contributed by atoms with Gasteiger partial charge < -0.3 is 69.7 Å². The molecule has 3 amide bonds. The molecule has 1 aromatic rings. The highest BCUT2D eigenvalue weighted by Crippen LogP contribution is 2.37. The normalized spacial score (nSPS) is 34.4. The van der Waals surface area contributed by atoms with Gasteiger partial charge in [-0.2, -0.15) is 0 Å². The summed E-state index contributed by atoms with van der Waals surface area (Å²) in [5.41, 5.74) is 8.67. The second-order valence-electron chi connectivity index (χ2n) is 24.8. The summed E-state index contributed by atoms with van der Waals surface area (Å²) < 4.78 is 30.0. The maximum Gasteiger partial charge on any atom is 0.407 e. The van der Waals surface area contributed by atoms with E-state index in [1.54, 1.807) is 40.3 Å². The maximum absolute atomic E-state index is 14.6. The fourth-order valence-corrected chi connectivity index (χ4v) is 12.3. The third-order valence-corrected chi connectivity index (χ3v) is 17.7. The van der Waals surface area contributed by atoms with Crippen molar-refractivity contribution in [3.05, 3.63) is 65.6 Å². The van der Waals surface area contributed by atoms with Crippen LogP contribution < -0.4 is 16.0 Å². The number of rotatable bonds is 11. The number of aromatic nitrogens is 2. The number of anilines is 1. The summed E-state index contributed by atoms with van der Waals surface area (Å²) in [7, 11) is 6.79. The first-order chi connectivity index (χ1) is 40.8. The zero-order valence-corrected chi connectivity index (χ0v) is 52.1. The standard InChI is InChI=1S/C63H96N8O15/c1-38-16-12-11-13-17-39(2)51(82-9)32-46-21-19-43(6)63(81,86-46)58(77)59(78)71-23-15-14-18-48(71)60(79)84-52(33-49(72)40(3)29-42(5)56(75)57(76)55(74)41(4)28-38)47(64)30-44-20-22-50(53(31-44)83-10)85-62(80)67-36-45-34-65-61(66-35-45)70-26-24-69(25-27-70)54(73)37-68(7)8/h11-13,16-17,29,34-35,38,40-41,43-44,46-48,50-53,56-57,75-76,81H,14-15,18-28,30-33,36-37,64H2,1-10H3,(H,67,80)/b13-11+,16-12+,39-17+,42-29+/t38-,40-,41-,43-,44+,46+,47-,48+,50-,51+,52+,53-,56-,57+,63-/m1/s1. The third-order valence-electron chi connectivity index (χ3n) is 17.7. The van der Waals surface area contributed by atoms with Crippen molar-refractivity contribution < 1.29 is 72.6 Å². The summed E-state index contributed by atoms with van der Waals surface area (Å²) >= 11 is 0. The van der Waals surface area contributed by atoms with Gasteiger partial charge in [0.25, 0.3) is 11.7 Å². The van der Waals surface area contributed by atoms with Crippen molar-refractivity contribution >= 4 is 47.2 Å². The number of carbonyl (C=O) groups excluding carboxylic acids is 7. The number of alkyl carbamates (subject to hydrolysis) is 1. The number of aliphatic hydroxyl groups excluding tert-OH is 2. The van der Waals surface area contributed by atoms with E-state index in [4.69, 9.17) is 29.4 Å². The van der Waals surface area contributed by atoms with Gasteiger partial charge in [-0.25, -0.2) is 19.6 Å². The Morgan fingerprint density at radius 1 is 0.849 bits per heavy atom. The number of hydrogen-bond donors (Lipinski definition) is 5. The number of amides is 3. The molecule has 0 spiro atoms. The van der Waals surface area contributed by atoms with Crippen molar-refractivity contribution in [3.8, 4) is 0 Å². The molecule has 0 unspecified atom stereocenters. The molecule has 1 aromatic heterocycles. The number of carbonyl (C=O) groups is 7. The van der Waals surface area contributed by atoms with E-state index in [9.17, 15) is 48.9 Å². The predicted molar refractivity (Wildman–Crippen MR) is 320 cm³/mol. The van der Waals surface area contributed by atoms with E-state index in [-0.39, 0.29) is 55.7 Å². The minimum atomic E-state index is -2.50. The van der Waals surface area contributed by atoms with Gasteiger partial charge in [0.05, 0.1) is 24.9 Å². The molecule has 5 aliphatic rings. The van der Waals surface area contributed by atoms with Crippen LogP contribution in [0.15, 0.2) is 60.0 Å². The molecule has 4 aliphatic heterocycles. The van der Waals surface area contributed by atoms with Crippen molar-refractivity contribution in [1.82, 2.24) is 30.0 Å². The lowest BCUT2D eigenvalue weighted by atomic mass is 9.80. The number of nitrogens with one attached hydrogen (secondary N) is 1. The molecule has 86 heavy (non-hydrogen) atoms. The number of piperazine rings is 1. The number of nitrogens with zero attached hydrogens (tertiary/aromatic N) is 6. The molecular formula is C63H96N8O15. The number of Topliss-reactive ketones (excluding diaryl/α,β-unsaturated/α-hetero) is 3. The molecule has 23 nitrogen and oxygen atoms in total. The number of ether oxygens (including phenoxy) is 5. The Morgan fingerprint density at radius 3 is 2.23 bits per heavy atom. The lowest BCUT2D eigenvalue weighted by Crippen LogP contribution is -2.61. The number of aliphatic hydroxyl groups is 3. The Bertz CT molecular complexity index is 2610. The molecule has 23 heteroatoms. The summed E-state index contributed by atoms with van der Waals surface area (Å²) in [5, 5.41) is 37.2. The molecule has 6 rings (SSSR count). The largest absolute Gasteiger partial charge is 0.459 e. The Labute approximate surface area is 507 Å². The summed E-state index contributed by atoms with van der Waals surface area (Å²) in [6.07, 6.45) is 10.2. The Morgan fingerprint density at radius 2 is 1.56 bits per heavy atom. The minimum absolute atomic E-state index is 0.00654. The maximum atomic E-state index is 14.6. The smallest absolute Gasteiger partial charge is 0.407 e. The van der Waals surface area contributed by atoms with Gasteiger partial charge in [0.2, 0.25) is 17.6 Å². The van der Waals surface area contributed by atoms with Crippen LogP contribution in [0.25, 0.3) is 0 Å². The van der Waals surface area contributed by atoms with Crippen LogP contribution in [-0.2, 0) is 59.0 Å². The van der Waals surface area contributed by atoms with Gasteiger partial charge in [-0.05, 0) is 115 Å². The average Bonchev–Trinajstić information content (AvgIpc) is 1.04. The number of piperidine rings is 1. The SMILES string of the molecule is CO[C@H]1C[C@@H]2CC[C@@H](C)[C@@](O)(O2)C(=O)C(=O)N2CCCC[C@H]2C(=O)O[C@H]([C@H](N)C[C@@H]2CC[C@@H](OC(=O)NCc3cnc(N4CCN(C(=O)CN(C)C)CC4)nc3)[C@H](OC)C2)CC(=O)[C@H](C)/C=C(\C)[C@@H](O)[C@@H](O)C(=O)[C@H](C)C[C@H](C)/C=C/C=C/C=C/1C. The van der Waals surface area contributed by atoms with E-state index in [1.807, 2.05) is 73.0 Å². The van der Waals surface area contributed by atoms with E-state index in [1.165, 1.54) is 20.1 Å². The van der Waals surface area contributed by atoms with Crippen LogP contribution in [0.1, 0.15) is 124 Å². The number of ketones is 3. The van der Waals surface area contributed by atoms with Crippen molar-refractivity contribution in [3.63, 3.8) is 0 Å². The van der Waals surface area contributed by atoms with Gasteiger partial charge in [-0.1, -0.05) is 64.2 Å². The van der Waals surface area contributed by atoms with E-state index >= 15 is 0 Å². The average molecular weight is 1210 g/mol. The highest BCUT2D eigenvalue weighted by molar-refractivity contribution is 6.39. The highest BCUT2D eigenvalue weighted by atomic mass is 16.6. The Balaban J connectivity index is 1.16. The molecule has 478 valence electrons. The number of fused-ring (bicyclic) bond motifs is 3. The number of hydrogen-bond acceptors (Lipinski definition) is 20. The Hall–Kier alpha value is -5.79. The molecule has 4 fully saturated rings. The molecule has 3 saturated heterocycles. The second kappa shape index (κ2) is 32.4. The fourth-order valence-electron chi connectivity index (χ4n) is 12.3. The van der Waals surface area contributed by atoms with Gasteiger partial charge in [0.1, 0.15) is 36.2 Å². The molecule has 5 heterocycles. The summed E-state index contributed by atoms with van der Waals surface area (Å²) in [4.78, 5) is 113. The quantitative estimate of drug-likeness (QED) is 0.118. The van der Waals surface area contributed by atoms with Crippen molar-refractivity contribution in [1.29, 1.82) is 0 Å². The minimum Gasteiger partial charge on any atom is -0.459 e. The monoisotopic (exact) mass is 1200 g/mol. The van der Waals surface area contributed by atoms with Crippen LogP contribution in [-0.4, -0.2) is 209 Å². The van der Waals surface area contributed by atoms with Crippen LogP contribution in [0.2, 0.25) is 0 Å². The number of cyclic esters (lactones) is 1. The number of nitrogens with two attached hydrogens (primary N) is 1. The van der Waals surface area contributed by atoms with Gasteiger partial charge in [-0.3, -0.25) is 24.0 Å². The number of allylic oxidation sites excluding steroid dienone is 6. The molecule has 2 bridgehead atoms. The van der Waals surface area contributed by atoms with Gasteiger partial charge >= 0.3 is 12.1 Å². The number of methoxy groups -OCH3 is 2. The first kappa shape index (κ1) is 69.3. The molecule has 15 atom stereocenters. The van der Waals surface area contributed by atoms with E-state index in [2.05, 4.69) is 15.3 Å². The first-order valence-electron chi connectivity index (χ1n) is 30.7. The highest BCUT2D eigenvalue weighted by Gasteiger charge is 2.53. The summed E-state index contributed by atoms with van der Waals surface area (Å²) in [6, 6.07) is -2.23. The number of esters is 1. The lowest BCUT2D eigenvalue weighted by Gasteiger charge is -2.42. The lowest BCUT2D eigenvalue weighted by molar-refractivity contribution is -0.265. The van der Waals surface area contributed by atoms with E-state index in [0.29, 0.717) is 95.6 Å². The zero-order valence-electron chi connectivity index (χ0n) is 52.1. The van der Waals surface area contributed by atoms with Crippen LogP contribution in [0, 0.1) is 29.6 Å². The van der Waals surface area contributed by atoms with Crippen LogP contribution >= 0.6 is 0 Å². The zero-order chi connectivity index (χ0) is 63.0. The fraction of sp³-hybridized carbons (Fsp3) is 0.698. The van der Waals surface area contributed by atoms with Crippen LogP contribution in [0.4, 0.5) is 10.7 Å². The number of likely N-dealkylation sites (N-methyl/N-ethyl adjacent to an activating group) is 1. The van der Waals surface area contributed by atoms with Crippen molar-refractivity contribution in [2.45, 2.75) is 186 Å². The van der Waals surface area contributed by atoms with Crippen molar-refractivity contribution in [2.24, 2.45) is 35.3 Å². The van der Waals surface area contributed by atoms with Crippen LogP contribution in [0.5, 0.6) is 0 Å². The molecular weight excluding hydrogens is 1110 g/mol. The summed E-state index contributed by atoms with van der Waals surface area (Å²) in [5.74, 6) is -8.61. The molecule has 6 N–H and O–H groups in total. The summed E-state index contributed by atoms with van der Waals surface area (Å²) in [6.45, 7) is 13.0. The Kier molecular flexibility index (Phi) is 26.1. The van der Waals surface area contributed by atoms with E-state index in [0.717, 1.165) is 10.5 Å². The molecule has 1 aliphatic carbocycles. The molecule has 0 aromatic carbocycles. The molecule has 1 saturated carbocycles. The third kappa shape index (κ3) is 18.9. The van der Waals surface area contributed by atoms with Gasteiger partial charge in [0.15, 0.2) is 5.78 Å². The van der Waals surface area contributed by atoms with Gasteiger partial charge in [-0.15, -0.1) is 0 Å². The van der Waals surface area contributed by atoms with Crippen molar-refractivity contribution in [2.75, 3.05) is 72.5 Å². The van der Waals surface area contributed by atoms with Gasteiger partial charge in [0, 0.05) is 108 Å². The topological polar surface area (TPSA) is 303 Å². The predicted octanol–water partition coefficient (Wildman–Crippen LogP) is 4.15. The first-order valence-corrected chi connectivity index (χ1v) is 30.7. The van der Waals surface area contributed by atoms with E-state index < -0.39 is 120 Å². The van der Waals surface area contributed by atoms with Crippen LogP contribution in [0.3, 0.4) is 0 Å².